The fourth-order valence-electron chi connectivity index (χ4n) is 1.56. The van der Waals surface area contributed by atoms with Crippen molar-refractivity contribution in [3.8, 4) is 0 Å². The van der Waals surface area contributed by atoms with Crippen molar-refractivity contribution in [3.63, 3.8) is 0 Å². The van der Waals surface area contributed by atoms with Crippen LogP contribution in [0.25, 0.3) is 0 Å². The van der Waals surface area contributed by atoms with Crippen LogP contribution in [0.5, 0.6) is 0 Å². The summed E-state index contributed by atoms with van der Waals surface area (Å²) in [5.74, 6) is 0. The van der Waals surface area contributed by atoms with Crippen molar-refractivity contribution in [2.24, 2.45) is 0 Å². The van der Waals surface area contributed by atoms with Crippen molar-refractivity contribution < 1.29 is 4.74 Å². The van der Waals surface area contributed by atoms with Gasteiger partial charge in [-0.25, -0.2) is 0 Å². The molecule has 0 amide bonds. The van der Waals surface area contributed by atoms with Crippen molar-refractivity contribution in [2.45, 2.75) is 18.2 Å². The van der Waals surface area contributed by atoms with Gasteiger partial charge in [0.25, 0.3) is 0 Å². The van der Waals surface area contributed by atoms with E-state index in [2.05, 4.69) is 29.6 Å². The van der Waals surface area contributed by atoms with Crippen LogP contribution in [-0.2, 0) is 11.2 Å². The number of benzene rings is 1. The number of alkyl halides is 1. The molecule has 0 aliphatic carbocycles. The lowest BCUT2D eigenvalue weighted by Crippen LogP contribution is -2.27. The third kappa shape index (κ3) is 6.11. The number of hydrogen-bond acceptors (Lipinski definition) is 2. The third-order valence-corrected chi connectivity index (χ3v) is 2.66. The van der Waals surface area contributed by atoms with Gasteiger partial charge in [0.05, 0.1) is 12.0 Å². The molecule has 1 N–H and O–H groups in total. The zero-order valence-corrected chi connectivity index (χ0v) is 10.5. The van der Waals surface area contributed by atoms with Crippen molar-refractivity contribution in [1.29, 1.82) is 0 Å². The van der Waals surface area contributed by atoms with E-state index < -0.39 is 0 Å². The lowest BCUT2D eigenvalue weighted by molar-refractivity contribution is 0.197. The van der Waals surface area contributed by atoms with Gasteiger partial charge in [0.15, 0.2) is 0 Å². The van der Waals surface area contributed by atoms with Crippen molar-refractivity contribution in [3.05, 3.63) is 35.9 Å². The van der Waals surface area contributed by atoms with Gasteiger partial charge in [0.1, 0.15) is 0 Å². The molecule has 1 rings (SSSR count). The molecule has 90 valence electrons. The molecule has 3 heteroatoms. The van der Waals surface area contributed by atoms with Crippen LogP contribution < -0.4 is 5.32 Å². The number of hydrogen-bond donors (Lipinski definition) is 1. The minimum Gasteiger partial charge on any atom is -0.383 e. The molecule has 1 unspecified atom stereocenters. The second-order valence-corrected chi connectivity index (χ2v) is 4.46. The second kappa shape index (κ2) is 8.57. The molecule has 0 saturated heterocycles. The smallest absolute Gasteiger partial charge is 0.0693 e. The highest BCUT2D eigenvalue weighted by Gasteiger charge is 2.01. The van der Waals surface area contributed by atoms with E-state index in [1.165, 1.54) is 5.56 Å². The summed E-state index contributed by atoms with van der Waals surface area (Å²) in [5.41, 5.74) is 1.39. The van der Waals surface area contributed by atoms with Gasteiger partial charge in [-0.3, -0.25) is 0 Å². The molecule has 0 aliphatic rings. The predicted molar refractivity (Wildman–Crippen MR) is 69.1 cm³/mol. The first-order valence-corrected chi connectivity index (χ1v) is 6.14. The van der Waals surface area contributed by atoms with E-state index in [1.807, 2.05) is 6.07 Å². The number of halogens is 1. The molecule has 0 saturated carbocycles. The summed E-state index contributed by atoms with van der Waals surface area (Å²) in [5, 5.41) is 3.40. The average molecular weight is 242 g/mol. The molecule has 1 aromatic rings. The molecule has 0 aromatic heterocycles. The monoisotopic (exact) mass is 241 g/mol. The van der Waals surface area contributed by atoms with Gasteiger partial charge in [-0.15, -0.1) is 11.6 Å². The Morgan fingerprint density at radius 1 is 1.31 bits per heavy atom. The Kier molecular flexibility index (Phi) is 7.23. The Morgan fingerprint density at radius 3 is 2.75 bits per heavy atom. The molecular formula is C13H20ClNO. The lowest BCUT2D eigenvalue weighted by atomic mass is 10.1. The highest BCUT2D eigenvalue weighted by atomic mass is 35.5. The van der Waals surface area contributed by atoms with E-state index in [9.17, 15) is 0 Å². The Labute approximate surface area is 103 Å². The maximum atomic E-state index is 5.99. The van der Waals surface area contributed by atoms with E-state index in [4.69, 9.17) is 16.3 Å². The van der Waals surface area contributed by atoms with E-state index >= 15 is 0 Å². The Hall–Kier alpha value is -0.570. The van der Waals surface area contributed by atoms with Gasteiger partial charge in [-0.05, 0) is 24.9 Å². The Morgan fingerprint density at radius 2 is 2.06 bits per heavy atom. The van der Waals surface area contributed by atoms with Crippen LogP contribution in [0.1, 0.15) is 12.0 Å². The van der Waals surface area contributed by atoms with Gasteiger partial charge >= 0.3 is 0 Å². The molecule has 0 bridgehead atoms. The highest BCUT2D eigenvalue weighted by molar-refractivity contribution is 6.20. The van der Waals surface area contributed by atoms with E-state index in [0.717, 1.165) is 25.9 Å². The summed E-state index contributed by atoms with van der Waals surface area (Å²) >= 11 is 5.99. The van der Waals surface area contributed by atoms with Crippen molar-refractivity contribution in [1.82, 2.24) is 5.32 Å². The molecule has 0 aliphatic heterocycles. The number of aryl methyl sites for hydroxylation is 1. The molecular weight excluding hydrogens is 222 g/mol. The Bertz CT molecular complexity index is 266. The largest absolute Gasteiger partial charge is 0.383 e. The second-order valence-electron chi connectivity index (χ2n) is 3.85. The first-order chi connectivity index (χ1) is 7.83. The normalized spacial score (nSPS) is 12.6. The first kappa shape index (κ1) is 13.5. The third-order valence-electron chi connectivity index (χ3n) is 2.38. The van der Waals surface area contributed by atoms with Gasteiger partial charge in [-0.2, -0.15) is 0 Å². The zero-order chi connectivity index (χ0) is 11.6. The lowest BCUT2D eigenvalue weighted by Gasteiger charge is -2.09. The first-order valence-electron chi connectivity index (χ1n) is 5.70. The number of ether oxygens (including phenoxy) is 1. The fraction of sp³-hybridized carbons (Fsp3) is 0.538. The predicted octanol–water partition coefficient (Wildman–Crippen LogP) is 2.46. The van der Waals surface area contributed by atoms with E-state index in [1.54, 1.807) is 7.11 Å². The summed E-state index contributed by atoms with van der Waals surface area (Å²) in [6.45, 7) is 2.42. The topological polar surface area (TPSA) is 21.3 Å². The Balaban J connectivity index is 2.00. The van der Waals surface area contributed by atoms with E-state index in [0.29, 0.717) is 6.61 Å². The summed E-state index contributed by atoms with van der Waals surface area (Å²) in [4.78, 5) is 0. The molecule has 0 heterocycles. The number of methoxy groups -OCH3 is 1. The maximum absolute atomic E-state index is 5.99. The summed E-state index contributed by atoms with van der Waals surface area (Å²) in [6, 6.07) is 10.5. The van der Waals surface area contributed by atoms with Crippen LogP contribution in [0.4, 0.5) is 0 Å². The summed E-state index contributed by atoms with van der Waals surface area (Å²) < 4.78 is 4.96. The number of nitrogens with one attached hydrogen (secondary N) is 1. The molecule has 2 nitrogen and oxygen atoms in total. The zero-order valence-electron chi connectivity index (χ0n) is 9.79. The minimum atomic E-state index is 0.0710. The molecule has 0 spiro atoms. The van der Waals surface area contributed by atoms with Crippen LogP contribution in [0.3, 0.4) is 0 Å². The van der Waals surface area contributed by atoms with Gasteiger partial charge in [0, 0.05) is 13.7 Å². The standard InChI is InChI=1S/C13H20ClNO/c1-16-11-13(14)10-15-9-5-8-12-6-3-2-4-7-12/h2-4,6-7,13,15H,5,8-11H2,1H3. The van der Waals surface area contributed by atoms with Crippen molar-refractivity contribution in [2.75, 3.05) is 26.8 Å². The van der Waals surface area contributed by atoms with Gasteiger partial charge in [0.2, 0.25) is 0 Å². The van der Waals surface area contributed by atoms with Crippen LogP contribution in [0.2, 0.25) is 0 Å². The fourth-order valence-corrected chi connectivity index (χ4v) is 1.80. The summed E-state index contributed by atoms with van der Waals surface area (Å²) in [6.07, 6.45) is 2.26. The SMILES string of the molecule is COCC(Cl)CNCCCc1ccccc1. The quantitative estimate of drug-likeness (QED) is 0.558. The van der Waals surface area contributed by atoms with E-state index in [-0.39, 0.29) is 5.38 Å². The molecule has 16 heavy (non-hydrogen) atoms. The van der Waals surface area contributed by atoms with Gasteiger partial charge < -0.3 is 10.1 Å². The molecule has 0 radical (unpaired) electrons. The maximum Gasteiger partial charge on any atom is 0.0693 e. The van der Waals surface area contributed by atoms with Crippen LogP contribution in [0.15, 0.2) is 30.3 Å². The molecule has 1 atom stereocenters. The highest BCUT2D eigenvalue weighted by Crippen LogP contribution is 2.01. The summed E-state index contributed by atoms with van der Waals surface area (Å²) in [7, 11) is 1.67. The van der Waals surface area contributed by atoms with Crippen LogP contribution >= 0.6 is 11.6 Å². The van der Waals surface area contributed by atoms with Crippen LogP contribution in [0, 0.1) is 0 Å². The average Bonchev–Trinajstić information content (AvgIpc) is 2.30. The molecule has 1 aromatic carbocycles. The van der Waals surface area contributed by atoms with Gasteiger partial charge in [-0.1, -0.05) is 30.3 Å². The number of rotatable bonds is 8. The van der Waals surface area contributed by atoms with Crippen molar-refractivity contribution >= 4 is 11.6 Å². The minimum absolute atomic E-state index is 0.0710. The molecule has 0 fully saturated rings. The van der Waals surface area contributed by atoms with Crippen LogP contribution in [-0.4, -0.2) is 32.2 Å².